The fraction of sp³-hybridized carbons (Fsp3) is 0.679. The van der Waals surface area contributed by atoms with Crippen molar-refractivity contribution < 1.29 is 18.3 Å². The zero-order chi connectivity index (χ0) is 28.0. The highest BCUT2D eigenvalue weighted by molar-refractivity contribution is 7.13. The third kappa shape index (κ3) is 11.0. The van der Waals surface area contributed by atoms with Crippen molar-refractivity contribution in [3.63, 3.8) is 0 Å². The Balaban J connectivity index is 0.000000326. The van der Waals surface area contributed by atoms with Crippen LogP contribution >= 0.6 is 22.7 Å². The van der Waals surface area contributed by atoms with Gasteiger partial charge in [-0.2, -0.15) is 0 Å². The minimum atomic E-state index is -2.56. The average Bonchev–Trinajstić information content (AvgIpc) is 3.62. The zero-order valence-electron chi connectivity index (χ0n) is 22.7. The summed E-state index contributed by atoms with van der Waals surface area (Å²) in [6, 6.07) is 0. The van der Waals surface area contributed by atoms with Crippen molar-refractivity contribution in [2.24, 2.45) is 11.7 Å². The molecule has 1 amide bonds. The van der Waals surface area contributed by atoms with Gasteiger partial charge in [0.15, 0.2) is 0 Å². The molecular weight excluding hydrogens is 526 g/mol. The maximum absolute atomic E-state index is 13.3. The number of hydrogen-bond acceptors (Lipinski definition) is 7. The van der Waals surface area contributed by atoms with Crippen LogP contribution in [0.25, 0.3) is 0 Å². The molecule has 38 heavy (non-hydrogen) atoms. The summed E-state index contributed by atoms with van der Waals surface area (Å²) in [7, 11) is 0. The van der Waals surface area contributed by atoms with Gasteiger partial charge in [0.1, 0.15) is 6.10 Å². The van der Waals surface area contributed by atoms with Gasteiger partial charge in [0.25, 0.3) is 11.1 Å². The summed E-state index contributed by atoms with van der Waals surface area (Å²) in [6.07, 6.45) is 20.5. The summed E-state index contributed by atoms with van der Waals surface area (Å²) in [6.45, 7) is 7.31. The number of carbonyl (C=O) groups excluding carboxylic acids is 1. The van der Waals surface area contributed by atoms with Gasteiger partial charge in [-0.05, 0) is 45.1 Å². The minimum Gasteiger partial charge on any atom is -0.466 e. The first kappa shape index (κ1) is 32.1. The summed E-state index contributed by atoms with van der Waals surface area (Å²) in [5.41, 5.74) is 5.28. The molecule has 0 spiro atoms. The second-order valence-electron chi connectivity index (χ2n) is 9.84. The molecule has 212 valence electrons. The molecule has 2 saturated carbocycles. The van der Waals surface area contributed by atoms with Crippen molar-refractivity contribution in [1.29, 1.82) is 0 Å². The molecule has 0 radical (unpaired) electrons. The number of fused-ring (bicyclic) bond motifs is 1. The molecule has 3 heterocycles. The van der Waals surface area contributed by atoms with Gasteiger partial charge >= 0.3 is 0 Å². The average molecular weight is 569 g/mol. The zero-order valence-corrected chi connectivity index (χ0v) is 24.3. The van der Waals surface area contributed by atoms with E-state index in [1.165, 1.54) is 53.3 Å². The fourth-order valence-electron chi connectivity index (χ4n) is 5.03. The number of alkyl halides is 2. The van der Waals surface area contributed by atoms with E-state index >= 15 is 0 Å². The number of primary amides is 1. The van der Waals surface area contributed by atoms with E-state index in [0.717, 1.165) is 44.1 Å². The molecule has 2 aromatic rings. The molecule has 1 atom stereocenters. The van der Waals surface area contributed by atoms with E-state index in [0.29, 0.717) is 11.6 Å². The predicted octanol–water partition coefficient (Wildman–Crippen LogP) is 6.40. The third-order valence-corrected chi connectivity index (χ3v) is 9.11. The van der Waals surface area contributed by atoms with Crippen molar-refractivity contribution in [3.8, 4) is 18.0 Å². The molecule has 1 unspecified atom stereocenters. The Morgan fingerprint density at radius 1 is 1.24 bits per heavy atom. The van der Waals surface area contributed by atoms with Crippen LogP contribution < -0.4 is 10.5 Å². The molecule has 2 aliphatic carbocycles. The number of rotatable bonds is 6. The van der Waals surface area contributed by atoms with Gasteiger partial charge in [0, 0.05) is 41.9 Å². The van der Waals surface area contributed by atoms with E-state index < -0.39 is 5.92 Å². The summed E-state index contributed by atoms with van der Waals surface area (Å²) >= 11 is 3.34. The number of amides is 1. The standard InChI is InChI=1S/C19H28F2N2OS.C6H9NS.C2H2.CH3NO/c20-19(21)9-6-15(12-19)24-18-22-16-13-23(11-8-17(16)25-18)10-7-14-4-2-1-3-5-14;1-3-6-4-7-5(2)8-6;1-2;2-1-3/h14-15H,1-13H2;4H,3H2,1-2H3;1-2H;1H,(H2,2,3). The number of thiazole rings is 2. The third-order valence-electron chi connectivity index (χ3n) is 7.01. The fourth-order valence-corrected chi connectivity index (χ4v) is 6.74. The van der Waals surface area contributed by atoms with E-state index in [-0.39, 0.29) is 25.4 Å². The highest BCUT2D eigenvalue weighted by atomic mass is 32.1. The van der Waals surface area contributed by atoms with E-state index in [4.69, 9.17) is 9.53 Å². The Bertz CT molecular complexity index is 973. The van der Waals surface area contributed by atoms with Crippen molar-refractivity contribution in [2.45, 2.75) is 103 Å². The molecule has 5 rings (SSSR count). The Kier molecular flexibility index (Phi) is 14.2. The van der Waals surface area contributed by atoms with Gasteiger partial charge < -0.3 is 10.5 Å². The molecule has 2 aromatic heterocycles. The van der Waals surface area contributed by atoms with Crippen LogP contribution in [0.15, 0.2) is 6.20 Å². The number of carbonyl (C=O) groups is 1. The Morgan fingerprint density at radius 2 is 1.95 bits per heavy atom. The number of nitrogens with zero attached hydrogens (tertiary/aromatic N) is 3. The first-order chi connectivity index (χ1) is 18.3. The van der Waals surface area contributed by atoms with Crippen LogP contribution in [0, 0.1) is 25.7 Å². The number of halogens is 2. The van der Waals surface area contributed by atoms with Crippen LogP contribution in [0.2, 0.25) is 0 Å². The monoisotopic (exact) mass is 568 g/mol. The molecule has 6 nitrogen and oxygen atoms in total. The van der Waals surface area contributed by atoms with Crippen molar-refractivity contribution in [2.75, 3.05) is 13.1 Å². The topological polar surface area (TPSA) is 81.3 Å². The van der Waals surface area contributed by atoms with Crippen LogP contribution in [0.1, 0.15) is 85.2 Å². The number of aryl methyl sites for hydroxylation is 2. The van der Waals surface area contributed by atoms with Crippen LogP contribution in [-0.2, 0) is 24.2 Å². The number of aromatic nitrogens is 2. The molecule has 10 heteroatoms. The Morgan fingerprint density at radius 3 is 2.50 bits per heavy atom. The smallest absolute Gasteiger partial charge is 0.273 e. The number of ether oxygens (including phenoxy) is 1. The van der Waals surface area contributed by atoms with Gasteiger partial charge in [0.05, 0.1) is 10.7 Å². The molecule has 2 N–H and O–H groups in total. The van der Waals surface area contributed by atoms with Crippen molar-refractivity contribution in [1.82, 2.24) is 14.9 Å². The van der Waals surface area contributed by atoms with E-state index in [1.807, 2.05) is 13.1 Å². The molecule has 0 bridgehead atoms. The first-order valence-electron chi connectivity index (χ1n) is 13.5. The predicted molar refractivity (Wildman–Crippen MR) is 152 cm³/mol. The molecule has 0 aromatic carbocycles. The van der Waals surface area contributed by atoms with E-state index in [2.05, 4.69) is 40.4 Å². The summed E-state index contributed by atoms with van der Waals surface area (Å²) in [5, 5.41) is 1.77. The molecule has 2 fully saturated rings. The quantitative estimate of drug-likeness (QED) is 0.322. The van der Waals surface area contributed by atoms with Gasteiger partial charge in [-0.3, -0.25) is 9.69 Å². The number of terminal acetylenes is 1. The molecular formula is C28H42F2N4O2S2. The summed E-state index contributed by atoms with van der Waals surface area (Å²) < 4.78 is 32.4. The summed E-state index contributed by atoms with van der Waals surface area (Å²) in [4.78, 5) is 22.5. The largest absolute Gasteiger partial charge is 0.466 e. The highest BCUT2D eigenvalue weighted by Gasteiger charge is 2.41. The first-order valence-corrected chi connectivity index (χ1v) is 15.1. The van der Waals surface area contributed by atoms with Gasteiger partial charge in [-0.25, -0.2) is 18.7 Å². The Labute approximate surface area is 234 Å². The lowest BCUT2D eigenvalue weighted by molar-refractivity contribution is -0.106. The normalized spacial score (nSPS) is 20.4. The maximum Gasteiger partial charge on any atom is 0.273 e. The van der Waals surface area contributed by atoms with Gasteiger partial charge in [-0.15, -0.1) is 24.2 Å². The molecule has 1 aliphatic heterocycles. The molecule has 3 aliphatic rings. The maximum atomic E-state index is 13.3. The lowest BCUT2D eigenvalue weighted by Gasteiger charge is -2.29. The van der Waals surface area contributed by atoms with E-state index in [1.54, 1.807) is 22.7 Å². The molecule has 0 saturated heterocycles. The van der Waals surface area contributed by atoms with Crippen molar-refractivity contribution >= 4 is 29.1 Å². The van der Waals surface area contributed by atoms with Crippen LogP contribution in [0.3, 0.4) is 0 Å². The van der Waals surface area contributed by atoms with Crippen LogP contribution in [0.4, 0.5) is 8.78 Å². The van der Waals surface area contributed by atoms with Crippen LogP contribution in [0.5, 0.6) is 5.19 Å². The number of nitrogens with two attached hydrogens (primary N) is 1. The van der Waals surface area contributed by atoms with Gasteiger partial charge in [0.2, 0.25) is 6.41 Å². The Hall–Kier alpha value is -2.09. The van der Waals surface area contributed by atoms with Gasteiger partial charge in [-0.1, -0.05) is 50.4 Å². The lowest BCUT2D eigenvalue weighted by Crippen LogP contribution is -2.32. The number of hydrogen-bond donors (Lipinski definition) is 1. The highest BCUT2D eigenvalue weighted by Crippen LogP contribution is 2.38. The van der Waals surface area contributed by atoms with Crippen LogP contribution in [-0.4, -0.2) is 46.4 Å². The lowest BCUT2D eigenvalue weighted by atomic mass is 9.87. The SMILES string of the molecule is C#C.CCc1cnc(C)s1.FC1(F)CCC(Oc2nc3c(s2)CCN(CCC2CCCCC2)C3)C1.NC=O. The van der Waals surface area contributed by atoms with Crippen molar-refractivity contribution in [3.05, 3.63) is 26.7 Å². The summed E-state index contributed by atoms with van der Waals surface area (Å²) in [5.74, 6) is -1.65. The minimum absolute atomic E-state index is 0.0578. The second kappa shape index (κ2) is 16.8. The second-order valence-corrected chi connectivity index (χ2v) is 12.2. The van der Waals surface area contributed by atoms with E-state index in [9.17, 15) is 8.78 Å².